The molecule has 2 atom stereocenters. The third-order valence-corrected chi connectivity index (χ3v) is 5.98. The van der Waals surface area contributed by atoms with E-state index in [9.17, 15) is 4.79 Å². The second-order valence-corrected chi connectivity index (χ2v) is 8.91. The van der Waals surface area contributed by atoms with Gasteiger partial charge in [-0.25, -0.2) is 0 Å². The van der Waals surface area contributed by atoms with Crippen LogP contribution in [0.25, 0.3) is 0 Å². The number of carbonyl (C=O) groups excluding carboxylic acids is 1. The lowest BCUT2D eigenvalue weighted by Gasteiger charge is -2.26. The second kappa shape index (κ2) is 14.1. The lowest BCUT2D eigenvalue weighted by atomic mass is 10.2. The summed E-state index contributed by atoms with van der Waals surface area (Å²) < 4.78 is 0. The van der Waals surface area contributed by atoms with Crippen molar-refractivity contribution in [2.45, 2.75) is 42.4 Å². The molecule has 1 aliphatic heterocycles. The zero-order valence-electron chi connectivity index (χ0n) is 18.1. The average molecular weight is 534 g/mol. The quantitative estimate of drug-likeness (QED) is 0.168. The molecule has 2 unspecified atom stereocenters. The van der Waals surface area contributed by atoms with Crippen molar-refractivity contribution in [3.8, 4) is 0 Å². The summed E-state index contributed by atoms with van der Waals surface area (Å²) >= 11 is 1.86. The second-order valence-electron chi connectivity index (χ2n) is 7.40. The number of benzene rings is 1. The maximum Gasteiger partial charge on any atom is 0.239 e. The van der Waals surface area contributed by atoms with Gasteiger partial charge in [0.1, 0.15) is 0 Å². The molecule has 0 aliphatic carbocycles. The average Bonchev–Trinajstić information content (AvgIpc) is 3.16. The third kappa shape index (κ3) is 9.13. The fourth-order valence-electron chi connectivity index (χ4n) is 3.39. The van der Waals surface area contributed by atoms with E-state index in [-0.39, 0.29) is 35.9 Å². The van der Waals surface area contributed by atoms with Crippen LogP contribution in [0.15, 0.2) is 40.2 Å². The lowest BCUT2D eigenvalue weighted by Crippen LogP contribution is -2.44. The maximum atomic E-state index is 12.3. The van der Waals surface area contributed by atoms with Gasteiger partial charge < -0.3 is 15.5 Å². The number of carbonyl (C=O) groups is 1. The Kier molecular flexibility index (Phi) is 12.6. The molecule has 0 spiro atoms. The van der Waals surface area contributed by atoms with Gasteiger partial charge in [-0.15, -0.1) is 35.7 Å². The summed E-state index contributed by atoms with van der Waals surface area (Å²) in [6, 6.07) is 10.5. The van der Waals surface area contributed by atoms with Crippen molar-refractivity contribution in [2.24, 2.45) is 4.99 Å². The van der Waals surface area contributed by atoms with Crippen molar-refractivity contribution in [1.82, 2.24) is 20.4 Å². The van der Waals surface area contributed by atoms with Gasteiger partial charge in [0.15, 0.2) is 5.96 Å². The van der Waals surface area contributed by atoms with Crippen LogP contribution in [0, 0.1) is 0 Å². The molecule has 2 N–H and O–H groups in total. The number of aliphatic imine (C=N–C) groups is 1. The van der Waals surface area contributed by atoms with E-state index < -0.39 is 0 Å². The largest absolute Gasteiger partial charge is 0.356 e. The number of hydrogen-bond acceptors (Lipinski definition) is 4. The predicted molar refractivity (Wildman–Crippen MR) is 134 cm³/mol. The van der Waals surface area contributed by atoms with Crippen LogP contribution in [-0.2, 0) is 4.79 Å². The van der Waals surface area contributed by atoms with Crippen LogP contribution in [0.1, 0.15) is 26.2 Å². The molecule has 0 radical (unpaired) electrons. The van der Waals surface area contributed by atoms with Crippen LogP contribution in [0.4, 0.5) is 0 Å². The number of halogens is 1. The number of rotatable bonds is 9. The molecule has 29 heavy (non-hydrogen) atoms. The van der Waals surface area contributed by atoms with Crippen molar-refractivity contribution < 1.29 is 4.79 Å². The molecule has 1 amide bonds. The molecule has 0 saturated carbocycles. The Labute approximate surface area is 197 Å². The topological polar surface area (TPSA) is 60.0 Å². The first-order valence-corrected chi connectivity index (χ1v) is 11.0. The summed E-state index contributed by atoms with van der Waals surface area (Å²) in [5.74, 6) is 1.07. The van der Waals surface area contributed by atoms with Crippen LogP contribution < -0.4 is 10.6 Å². The SMILES string of the molecule is CN=C(NCCCN1CCCC1C(=O)N(C)C)NCC(C)Sc1ccccc1.I. The number of amides is 1. The van der Waals surface area contributed by atoms with Crippen LogP contribution in [-0.4, -0.2) is 80.3 Å². The molecular weight excluding hydrogens is 497 g/mol. The molecular formula is C21H36IN5OS. The standard InChI is InChI=1S/C21H35N5OS.HI/c1-17(28-18-10-6-5-7-11-18)16-24-21(22-2)23-13-9-15-26-14-8-12-19(26)20(27)25(3)4;/h5-7,10-11,17,19H,8-9,12-16H2,1-4H3,(H2,22,23,24);1H. The van der Waals surface area contributed by atoms with E-state index in [1.54, 1.807) is 11.9 Å². The summed E-state index contributed by atoms with van der Waals surface area (Å²) in [5, 5.41) is 7.24. The maximum absolute atomic E-state index is 12.3. The number of likely N-dealkylation sites (tertiary alicyclic amines) is 1. The van der Waals surface area contributed by atoms with Crippen LogP contribution >= 0.6 is 35.7 Å². The fourth-order valence-corrected chi connectivity index (χ4v) is 4.34. The fraction of sp³-hybridized carbons (Fsp3) is 0.619. The van der Waals surface area contributed by atoms with Gasteiger partial charge in [-0.3, -0.25) is 14.7 Å². The highest BCUT2D eigenvalue weighted by Gasteiger charge is 2.30. The molecule has 6 nitrogen and oxygen atoms in total. The number of thioether (sulfide) groups is 1. The molecule has 1 fully saturated rings. The van der Waals surface area contributed by atoms with Gasteiger partial charge in [-0.1, -0.05) is 25.1 Å². The summed E-state index contributed by atoms with van der Waals surface area (Å²) in [7, 11) is 5.48. The summed E-state index contributed by atoms with van der Waals surface area (Å²) in [4.78, 5) is 21.9. The van der Waals surface area contributed by atoms with E-state index in [2.05, 4.69) is 51.7 Å². The van der Waals surface area contributed by atoms with Crippen LogP contribution in [0.5, 0.6) is 0 Å². The first kappa shape index (κ1) is 26.0. The molecule has 1 aliphatic rings. The van der Waals surface area contributed by atoms with Gasteiger partial charge in [0.25, 0.3) is 0 Å². The Balaban J connectivity index is 0.00000420. The molecule has 1 heterocycles. The molecule has 0 bridgehead atoms. The Morgan fingerprint density at radius 2 is 2.03 bits per heavy atom. The van der Waals surface area contributed by atoms with E-state index in [1.807, 2.05) is 31.9 Å². The molecule has 1 aromatic rings. The van der Waals surface area contributed by atoms with E-state index in [4.69, 9.17) is 0 Å². The Bertz CT molecular complexity index is 629. The van der Waals surface area contributed by atoms with E-state index in [1.165, 1.54) is 4.90 Å². The summed E-state index contributed by atoms with van der Waals surface area (Å²) in [6.45, 7) is 5.87. The highest BCUT2D eigenvalue weighted by atomic mass is 127. The van der Waals surface area contributed by atoms with Crippen LogP contribution in [0.2, 0.25) is 0 Å². The zero-order chi connectivity index (χ0) is 20.4. The predicted octanol–water partition coefficient (Wildman–Crippen LogP) is 2.89. The number of nitrogens with zero attached hydrogens (tertiary/aromatic N) is 3. The first-order valence-electron chi connectivity index (χ1n) is 10.1. The zero-order valence-corrected chi connectivity index (χ0v) is 21.2. The third-order valence-electron chi connectivity index (χ3n) is 4.87. The van der Waals surface area contributed by atoms with Crippen molar-refractivity contribution in [1.29, 1.82) is 0 Å². The molecule has 8 heteroatoms. The van der Waals surface area contributed by atoms with E-state index in [0.29, 0.717) is 5.25 Å². The van der Waals surface area contributed by atoms with Crippen molar-refractivity contribution in [3.05, 3.63) is 30.3 Å². The minimum absolute atomic E-state index is 0. The van der Waals surface area contributed by atoms with Gasteiger partial charge in [-0.2, -0.15) is 0 Å². The van der Waals surface area contributed by atoms with Crippen LogP contribution in [0.3, 0.4) is 0 Å². The normalized spacial score (nSPS) is 18.1. The lowest BCUT2D eigenvalue weighted by molar-refractivity contribution is -0.133. The number of nitrogens with one attached hydrogen (secondary N) is 2. The van der Waals surface area contributed by atoms with Crippen molar-refractivity contribution in [2.75, 3.05) is 47.3 Å². The van der Waals surface area contributed by atoms with Crippen molar-refractivity contribution in [3.63, 3.8) is 0 Å². The number of likely N-dealkylation sites (N-methyl/N-ethyl adjacent to an activating group) is 1. The molecule has 1 aromatic carbocycles. The van der Waals surface area contributed by atoms with Gasteiger partial charge in [0.05, 0.1) is 6.04 Å². The Morgan fingerprint density at radius 1 is 1.31 bits per heavy atom. The molecule has 2 rings (SSSR count). The highest BCUT2D eigenvalue weighted by molar-refractivity contribution is 14.0. The van der Waals surface area contributed by atoms with Gasteiger partial charge >= 0.3 is 0 Å². The molecule has 1 saturated heterocycles. The monoisotopic (exact) mass is 533 g/mol. The van der Waals surface area contributed by atoms with Gasteiger partial charge in [0, 0.05) is 50.9 Å². The summed E-state index contributed by atoms with van der Waals surface area (Å²) in [6.07, 6.45) is 3.08. The molecule has 0 aromatic heterocycles. The van der Waals surface area contributed by atoms with E-state index in [0.717, 1.165) is 51.4 Å². The van der Waals surface area contributed by atoms with E-state index >= 15 is 0 Å². The Hall–Kier alpha value is -1.000. The number of guanidine groups is 1. The minimum Gasteiger partial charge on any atom is -0.356 e. The number of hydrogen-bond donors (Lipinski definition) is 2. The summed E-state index contributed by atoms with van der Waals surface area (Å²) in [5.41, 5.74) is 0. The first-order chi connectivity index (χ1) is 13.5. The smallest absolute Gasteiger partial charge is 0.239 e. The van der Waals surface area contributed by atoms with Gasteiger partial charge in [0.2, 0.25) is 5.91 Å². The van der Waals surface area contributed by atoms with Gasteiger partial charge in [-0.05, 0) is 37.9 Å². The Morgan fingerprint density at radius 3 is 2.69 bits per heavy atom. The van der Waals surface area contributed by atoms with Crippen molar-refractivity contribution >= 4 is 47.6 Å². The minimum atomic E-state index is 0. The highest BCUT2D eigenvalue weighted by Crippen LogP contribution is 2.22. The molecule has 164 valence electrons.